The van der Waals surface area contributed by atoms with E-state index in [-0.39, 0.29) is 29.7 Å². The molecule has 7 heteroatoms. The van der Waals surface area contributed by atoms with E-state index < -0.39 is 30.1 Å². The number of aliphatic hydroxyl groups is 2. The molecule has 0 unspecified atom stereocenters. The molecule has 144 valence electrons. The van der Waals surface area contributed by atoms with Crippen LogP contribution in [0.25, 0.3) is 0 Å². The average molecular weight is 373 g/mol. The van der Waals surface area contributed by atoms with Gasteiger partial charge in [-0.25, -0.2) is 4.79 Å². The highest BCUT2D eigenvalue weighted by Gasteiger charge is 2.23. The summed E-state index contributed by atoms with van der Waals surface area (Å²) in [7, 11) is 0. The van der Waals surface area contributed by atoms with E-state index in [4.69, 9.17) is 4.74 Å². The van der Waals surface area contributed by atoms with Crippen LogP contribution in [0.2, 0.25) is 0 Å². The minimum Gasteiger partial charge on any atom is -0.507 e. The first-order valence-corrected chi connectivity index (χ1v) is 8.70. The lowest BCUT2D eigenvalue weighted by Gasteiger charge is -2.16. The topological polar surface area (TPSA) is 116 Å². The number of ketones is 1. The second-order valence-electron chi connectivity index (χ2n) is 6.22. The molecular weight excluding hydrogens is 350 g/mol. The Balaban J connectivity index is 2.48. The molecule has 1 aromatic carbocycles. The summed E-state index contributed by atoms with van der Waals surface area (Å²) >= 11 is 0. The highest BCUT2D eigenvalue weighted by atomic mass is 16.5. The molecule has 3 atom stereocenters. The second-order valence-corrected chi connectivity index (χ2v) is 6.22. The fraction of sp³-hybridized carbons (Fsp3) is 0.400. The van der Waals surface area contributed by atoms with Gasteiger partial charge in [0, 0.05) is 36.7 Å². The van der Waals surface area contributed by atoms with Crippen LogP contribution in [0, 0.1) is 11.8 Å². The third-order valence-corrected chi connectivity index (χ3v) is 3.95. The molecule has 1 aromatic rings. The predicted molar refractivity (Wildman–Crippen MR) is 99.4 cm³/mol. The van der Waals surface area contributed by atoms with Crippen molar-refractivity contribution in [2.24, 2.45) is 0 Å². The highest BCUT2D eigenvalue weighted by molar-refractivity contribution is 5.96. The van der Waals surface area contributed by atoms with E-state index >= 15 is 0 Å². The minimum atomic E-state index is -1.59. The number of esters is 1. The number of cyclic esters (lactones) is 1. The summed E-state index contributed by atoms with van der Waals surface area (Å²) in [6.45, 7) is 4.12. The van der Waals surface area contributed by atoms with Crippen molar-refractivity contribution >= 4 is 17.4 Å². The number of benzene rings is 1. The molecule has 1 heterocycles. The van der Waals surface area contributed by atoms with E-state index in [1.807, 2.05) is 6.92 Å². The molecule has 0 amide bonds. The Morgan fingerprint density at radius 2 is 2.04 bits per heavy atom. The van der Waals surface area contributed by atoms with Gasteiger partial charge in [0.2, 0.25) is 0 Å². The van der Waals surface area contributed by atoms with Gasteiger partial charge in [-0.05, 0) is 26.0 Å². The summed E-state index contributed by atoms with van der Waals surface area (Å²) < 4.78 is 5.32. The first-order valence-electron chi connectivity index (χ1n) is 8.70. The molecular formula is C20H23NO6. The number of phenolic OH excluding ortho intramolecular Hbond substituents is 1. The van der Waals surface area contributed by atoms with Gasteiger partial charge in [0.1, 0.15) is 23.5 Å². The molecule has 0 bridgehead atoms. The summed E-state index contributed by atoms with van der Waals surface area (Å²) in [6, 6.07) is 3.01. The third kappa shape index (κ3) is 5.33. The van der Waals surface area contributed by atoms with E-state index in [1.54, 1.807) is 13.0 Å². The molecule has 4 N–H and O–H groups in total. The smallest absolute Gasteiger partial charge is 0.343 e. The molecule has 0 fully saturated rings. The third-order valence-electron chi connectivity index (χ3n) is 3.95. The van der Waals surface area contributed by atoms with E-state index in [9.17, 15) is 24.9 Å². The zero-order valence-corrected chi connectivity index (χ0v) is 15.2. The van der Waals surface area contributed by atoms with Crippen LogP contribution in [0.4, 0.5) is 5.69 Å². The Morgan fingerprint density at radius 1 is 1.30 bits per heavy atom. The number of phenols is 1. The van der Waals surface area contributed by atoms with Crippen molar-refractivity contribution in [3.05, 3.63) is 35.4 Å². The predicted octanol–water partition coefficient (Wildman–Crippen LogP) is 1.36. The zero-order valence-electron chi connectivity index (χ0n) is 15.2. The molecule has 27 heavy (non-hydrogen) atoms. The number of rotatable bonds is 2. The minimum absolute atomic E-state index is 0.0665. The zero-order chi connectivity index (χ0) is 20.0. The number of aliphatic hydroxyl groups excluding tert-OH is 2. The van der Waals surface area contributed by atoms with Gasteiger partial charge in [0.05, 0.1) is 6.10 Å². The lowest BCUT2D eigenvalue weighted by Crippen LogP contribution is -2.32. The van der Waals surface area contributed by atoms with Crippen LogP contribution < -0.4 is 5.32 Å². The van der Waals surface area contributed by atoms with Crippen molar-refractivity contribution < 1.29 is 29.6 Å². The molecule has 0 saturated heterocycles. The fourth-order valence-corrected chi connectivity index (χ4v) is 2.56. The lowest BCUT2D eigenvalue weighted by atomic mass is 10.0. The number of fused-ring (bicyclic) bond motifs is 1. The van der Waals surface area contributed by atoms with Gasteiger partial charge in [-0.1, -0.05) is 17.9 Å². The SMILES string of the molecule is CCNc1cc(O)c2c(c1)C#CC[C@H](O)[C@H](O)C(=O)/C=C\C[C@H](C)OC2=O. The van der Waals surface area contributed by atoms with Crippen molar-refractivity contribution in [3.8, 4) is 17.6 Å². The van der Waals surface area contributed by atoms with Gasteiger partial charge in [-0.15, -0.1) is 0 Å². The van der Waals surface area contributed by atoms with Gasteiger partial charge >= 0.3 is 5.97 Å². The average Bonchev–Trinajstić information content (AvgIpc) is 2.59. The van der Waals surface area contributed by atoms with Gasteiger partial charge in [0.25, 0.3) is 0 Å². The van der Waals surface area contributed by atoms with Crippen LogP contribution in [-0.2, 0) is 9.53 Å². The molecule has 1 aliphatic rings. The van der Waals surface area contributed by atoms with Gasteiger partial charge in [-0.2, -0.15) is 0 Å². The van der Waals surface area contributed by atoms with Crippen LogP contribution in [-0.4, -0.2) is 51.9 Å². The Hall–Kier alpha value is -2.82. The Morgan fingerprint density at radius 3 is 2.74 bits per heavy atom. The van der Waals surface area contributed by atoms with Crippen LogP contribution in [0.1, 0.15) is 42.6 Å². The van der Waals surface area contributed by atoms with Gasteiger partial charge < -0.3 is 25.4 Å². The fourth-order valence-electron chi connectivity index (χ4n) is 2.56. The first-order chi connectivity index (χ1) is 12.8. The summed E-state index contributed by atoms with van der Waals surface area (Å²) in [5.41, 5.74) is 0.732. The van der Waals surface area contributed by atoms with Crippen molar-refractivity contribution in [2.75, 3.05) is 11.9 Å². The number of carbonyl (C=O) groups is 2. The maximum Gasteiger partial charge on any atom is 0.343 e. The van der Waals surface area contributed by atoms with Gasteiger partial charge in [0.15, 0.2) is 5.78 Å². The number of hydrogen-bond donors (Lipinski definition) is 4. The van der Waals surface area contributed by atoms with E-state index in [2.05, 4.69) is 17.2 Å². The maximum absolute atomic E-state index is 12.5. The Kier molecular flexibility index (Phi) is 6.99. The molecule has 0 aromatic heterocycles. The number of hydrogen-bond acceptors (Lipinski definition) is 7. The van der Waals surface area contributed by atoms with Crippen molar-refractivity contribution in [2.45, 2.75) is 45.0 Å². The number of anilines is 1. The summed E-state index contributed by atoms with van der Waals surface area (Å²) in [4.78, 5) is 24.3. The molecule has 0 radical (unpaired) electrons. The molecule has 1 aliphatic heterocycles. The normalized spacial score (nSPS) is 24.7. The Labute approximate surface area is 157 Å². The summed E-state index contributed by atoms with van der Waals surface area (Å²) in [5.74, 6) is 3.71. The maximum atomic E-state index is 12.5. The molecule has 0 saturated carbocycles. The quantitative estimate of drug-likeness (QED) is 0.457. The van der Waals surface area contributed by atoms with Crippen LogP contribution in [0.5, 0.6) is 5.75 Å². The van der Waals surface area contributed by atoms with Crippen LogP contribution in [0.15, 0.2) is 24.3 Å². The standard InChI is InChI=1S/C20H23NO6/c1-3-21-14-10-13-7-5-9-16(23)19(25)15(22)8-4-6-12(2)27-20(26)18(13)17(24)11-14/h4,8,10-12,16,19,21,23-25H,3,6,9H2,1-2H3/b8-4-/t12-,16-,19+/m0/s1. The van der Waals surface area contributed by atoms with E-state index in [0.717, 1.165) is 6.08 Å². The Bertz CT molecular complexity index is 805. The highest BCUT2D eigenvalue weighted by Crippen LogP contribution is 2.27. The largest absolute Gasteiger partial charge is 0.507 e. The first kappa shape index (κ1) is 20.5. The number of ether oxygens (including phenoxy) is 1. The second kappa shape index (κ2) is 9.21. The lowest BCUT2D eigenvalue weighted by molar-refractivity contribution is -0.127. The molecule has 7 nitrogen and oxygen atoms in total. The van der Waals surface area contributed by atoms with Crippen LogP contribution >= 0.6 is 0 Å². The number of nitrogens with one attached hydrogen (secondary N) is 1. The molecule has 0 aliphatic carbocycles. The van der Waals surface area contributed by atoms with Gasteiger partial charge in [-0.3, -0.25) is 4.79 Å². The number of carbonyl (C=O) groups excluding carboxylic acids is 2. The van der Waals surface area contributed by atoms with Crippen LogP contribution in [0.3, 0.4) is 0 Å². The summed E-state index contributed by atoms with van der Waals surface area (Å²) in [5, 5.41) is 33.1. The number of aromatic hydroxyl groups is 1. The van der Waals surface area contributed by atoms with Crippen molar-refractivity contribution in [1.82, 2.24) is 0 Å². The molecule has 2 rings (SSSR count). The van der Waals surface area contributed by atoms with E-state index in [0.29, 0.717) is 12.2 Å². The molecule has 0 spiro atoms. The van der Waals surface area contributed by atoms with Crippen molar-refractivity contribution in [1.29, 1.82) is 0 Å². The monoisotopic (exact) mass is 373 g/mol. The summed E-state index contributed by atoms with van der Waals surface area (Å²) in [6.07, 6.45) is -0.864. The van der Waals surface area contributed by atoms with Crippen molar-refractivity contribution in [3.63, 3.8) is 0 Å². The van der Waals surface area contributed by atoms with E-state index in [1.165, 1.54) is 12.1 Å².